The lowest BCUT2D eigenvalue weighted by atomic mass is 10.1. The smallest absolute Gasteiger partial charge is 0.226 e. The number of rotatable bonds is 2. The summed E-state index contributed by atoms with van der Waals surface area (Å²) in [5.74, 6) is 1.59. The molecule has 0 aliphatic carbocycles. The van der Waals surface area contributed by atoms with Crippen LogP contribution in [0.4, 0.5) is 5.69 Å². The predicted octanol–water partition coefficient (Wildman–Crippen LogP) is 3.17. The molecule has 4 rings (SSSR count). The summed E-state index contributed by atoms with van der Waals surface area (Å²) < 4.78 is 5.90. The highest BCUT2D eigenvalue weighted by Gasteiger charge is 2.23. The zero-order valence-corrected chi connectivity index (χ0v) is 12.4. The molecule has 0 bridgehead atoms. The van der Waals surface area contributed by atoms with Crippen molar-refractivity contribution in [3.05, 3.63) is 65.8 Å². The first-order valence-electron chi connectivity index (χ1n) is 7.47. The van der Waals surface area contributed by atoms with Crippen LogP contribution in [0.25, 0.3) is 11.5 Å². The highest BCUT2D eigenvalue weighted by molar-refractivity contribution is 5.55. The molecule has 1 aromatic carbocycles. The first kappa shape index (κ1) is 13.5. The highest BCUT2D eigenvalue weighted by atomic mass is 16.4. The number of nitriles is 1. The lowest BCUT2D eigenvalue weighted by Gasteiger charge is -2.27. The summed E-state index contributed by atoms with van der Waals surface area (Å²) in [6, 6.07) is 13.6. The van der Waals surface area contributed by atoms with Gasteiger partial charge < -0.3 is 9.32 Å². The van der Waals surface area contributed by atoms with Crippen LogP contribution in [0.15, 0.2) is 53.2 Å². The van der Waals surface area contributed by atoms with Gasteiger partial charge in [-0.05, 0) is 30.3 Å². The van der Waals surface area contributed by atoms with E-state index in [1.807, 2.05) is 36.4 Å². The maximum Gasteiger partial charge on any atom is 0.226 e. The second-order valence-electron chi connectivity index (χ2n) is 5.46. The number of fused-ring (bicyclic) bond motifs is 1. The molecule has 0 atom stereocenters. The Balaban J connectivity index is 1.62. The highest BCUT2D eigenvalue weighted by Crippen LogP contribution is 2.28. The number of hydrogen-bond acceptors (Lipinski definition) is 5. The molecule has 0 unspecified atom stereocenters. The van der Waals surface area contributed by atoms with Crippen LogP contribution in [0, 0.1) is 11.3 Å². The summed E-state index contributed by atoms with van der Waals surface area (Å²) in [4.78, 5) is 10.9. The number of nitrogens with zero attached hydrogens (tertiary/aromatic N) is 4. The van der Waals surface area contributed by atoms with Crippen molar-refractivity contribution in [3.8, 4) is 17.5 Å². The molecule has 3 aromatic rings. The van der Waals surface area contributed by atoms with Crippen LogP contribution >= 0.6 is 0 Å². The molecule has 1 aliphatic heterocycles. The third-order valence-corrected chi connectivity index (χ3v) is 4.00. The summed E-state index contributed by atoms with van der Waals surface area (Å²) in [6.07, 6.45) is 4.28. The third-order valence-electron chi connectivity index (χ3n) is 4.00. The monoisotopic (exact) mass is 302 g/mol. The number of anilines is 1. The quantitative estimate of drug-likeness (QED) is 0.727. The predicted molar refractivity (Wildman–Crippen MR) is 85.6 cm³/mol. The van der Waals surface area contributed by atoms with Crippen LogP contribution in [-0.2, 0) is 13.0 Å². The zero-order chi connectivity index (χ0) is 15.6. The van der Waals surface area contributed by atoms with E-state index in [4.69, 9.17) is 9.68 Å². The fourth-order valence-electron chi connectivity index (χ4n) is 2.81. The van der Waals surface area contributed by atoms with Gasteiger partial charge >= 0.3 is 0 Å². The molecule has 0 saturated carbocycles. The average Bonchev–Trinajstić information content (AvgIpc) is 3.06. The molecular formula is C18H14N4O. The molecular weight excluding hydrogens is 288 g/mol. The molecule has 0 fully saturated rings. The standard InChI is InChI=1S/C18H14N4O/c19-11-13-2-1-3-15(10-13)22-9-6-17-16(12-22)21-18(23-17)14-4-7-20-8-5-14/h1-5,7-8,10H,6,9,12H2. The van der Waals surface area contributed by atoms with Crippen molar-refractivity contribution < 1.29 is 4.42 Å². The third kappa shape index (κ3) is 2.55. The fourth-order valence-corrected chi connectivity index (χ4v) is 2.81. The lowest BCUT2D eigenvalue weighted by molar-refractivity contribution is 0.499. The summed E-state index contributed by atoms with van der Waals surface area (Å²) in [6.45, 7) is 1.55. The van der Waals surface area contributed by atoms with E-state index in [-0.39, 0.29) is 0 Å². The largest absolute Gasteiger partial charge is 0.441 e. The minimum Gasteiger partial charge on any atom is -0.441 e. The van der Waals surface area contributed by atoms with Crippen LogP contribution in [0.2, 0.25) is 0 Å². The summed E-state index contributed by atoms with van der Waals surface area (Å²) in [7, 11) is 0. The Morgan fingerprint density at radius 2 is 2.04 bits per heavy atom. The van der Waals surface area contributed by atoms with Gasteiger partial charge in [0.15, 0.2) is 0 Å². The van der Waals surface area contributed by atoms with E-state index < -0.39 is 0 Å². The van der Waals surface area contributed by atoms with Crippen molar-refractivity contribution in [2.75, 3.05) is 11.4 Å². The van der Waals surface area contributed by atoms with E-state index >= 15 is 0 Å². The average molecular weight is 302 g/mol. The van der Waals surface area contributed by atoms with Crippen molar-refractivity contribution in [2.45, 2.75) is 13.0 Å². The van der Waals surface area contributed by atoms with Gasteiger partial charge in [0.2, 0.25) is 5.89 Å². The second kappa shape index (κ2) is 5.58. The topological polar surface area (TPSA) is 66.0 Å². The van der Waals surface area contributed by atoms with Crippen molar-refractivity contribution in [1.82, 2.24) is 9.97 Å². The molecule has 5 heteroatoms. The van der Waals surface area contributed by atoms with Gasteiger partial charge in [0.1, 0.15) is 11.5 Å². The summed E-state index contributed by atoms with van der Waals surface area (Å²) in [5, 5.41) is 9.05. The van der Waals surface area contributed by atoms with Gasteiger partial charge in [-0.15, -0.1) is 0 Å². The van der Waals surface area contributed by atoms with E-state index in [9.17, 15) is 0 Å². The van der Waals surface area contributed by atoms with E-state index in [0.29, 0.717) is 18.0 Å². The van der Waals surface area contributed by atoms with Gasteiger partial charge in [-0.2, -0.15) is 5.26 Å². The number of hydrogen-bond donors (Lipinski definition) is 0. The minimum atomic E-state index is 0.644. The van der Waals surface area contributed by atoms with Crippen molar-refractivity contribution in [1.29, 1.82) is 5.26 Å². The molecule has 5 nitrogen and oxygen atoms in total. The first-order valence-corrected chi connectivity index (χ1v) is 7.47. The van der Waals surface area contributed by atoms with Crippen LogP contribution < -0.4 is 4.90 Å². The molecule has 2 aromatic heterocycles. The fraction of sp³-hybridized carbons (Fsp3) is 0.167. The van der Waals surface area contributed by atoms with Crippen LogP contribution in [0.5, 0.6) is 0 Å². The Labute approximate surface area is 133 Å². The normalized spacial score (nSPS) is 13.4. The first-order chi connectivity index (χ1) is 11.3. The Hall–Kier alpha value is -3.13. The minimum absolute atomic E-state index is 0.644. The summed E-state index contributed by atoms with van der Waals surface area (Å²) >= 11 is 0. The van der Waals surface area contributed by atoms with Crippen molar-refractivity contribution >= 4 is 5.69 Å². The Morgan fingerprint density at radius 1 is 1.17 bits per heavy atom. The lowest BCUT2D eigenvalue weighted by Crippen LogP contribution is -2.30. The molecule has 0 spiro atoms. The Bertz CT molecular complexity index is 880. The molecule has 0 N–H and O–H groups in total. The van der Waals surface area contributed by atoms with E-state index in [2.05, 4.69) is 20.9 Å². The maximum atomic E-state index is 9.05. The van der Waals surface area contributed by atoms with Crippen LogP contribution in [0.3, 0.4) is 0 Å². The number of oxazole rings is 1. The van der Waals surface area contributed by atoms with Crippen LogP contribution in [0.1, 0.15) is 17.0 Å². The maximum absolute atomic E-state index is 9.05. The van der Waals surface area contributed by atoms with Gasteiger partial charge in [-0.3, -0.25) is 4.98 Å². The molecule has 3 heterocycles. The Morgan fingerprint density at radius 3 is 2.87 bits per heavy atom. The van der Waals surface area contributed by atoms with Crippen molar-refractivity contribution in [3.63, 3.8) is 0 Å². The van der Waals surface area contributed by atoms with E-state index in [0.717, 1.165) is 35.7 Å². The van der Waals surface area contributed by atoms with Gasteiger partial charge in [0.25, 0.3) is 0 Å². The second-order valence-corrected chi connectivity index (χ2v) is 5.46. The van der Waals surface area contributed by atoms with Gasteiger partial charge in [0.05, 0.1) is 18.2 Å². The van der Waals surface area contributed by atoms with Gasteiger partial charge in [0, 0.05) is 36.6 Å². The summed E-state index contributed by atoms with van der Waals surface area (Å²) in [5.41, 5.74) is 3.62. The van der Waals surface area contributed by atoms with Crippen LogP contribution in [-0.4, -0.2) is 16.5 Å². The molecule has 23 heavy (non-hydrogen) atoms. The van der Waals surface area contributed by atoms with Gasteiger partial charge in [-0.1, -0.05) is 6.07 Å². The molecule has 0 saturated heterocycles. The molecule has 0 amide bonds. The molecule has 0 radical (unpaired) electrons. The number of benzene rings is 1. The van der Waals surface area contributed by atoms with E-state index in [1.165, 1.54) is 0 Å². The Kier molecular flexibility index (Phi) is 3.28. The zero-order valence-electron chi connectivity index (χ0n) is 12.4. The van der Waals surface area contributed by atoms with Crippen molar-refractivity contribution in [2.24, 2.45) is 0 Å². The van der Waals surface area contributed by atoms with Gasteiger partial charge in [-0.25, -0.2) is 4.98 Å². The number of pyridine rings is 1. The SMILES string of the molecule is N#Cc1cccc(N2CCc3oc(-c4ccncc4)nc3C2)c1. The molecule has 1 aliphatic rings. The van der Waals surface area contributed by atoms with E-state index in [1.54, 1.807) is 12.4 Å². The number of aromatic nitrogens is 2. The molecule has 112 valence electrons.